The maximum absolute atomic E-state index is 13.1. The summed E-state index contributed by atoms with van der Waals surface area (Å²) in [6.45, 7) is 3.29. The number of carbonyl (C=O) groups excluding carboxylic acids is 2. The van der Waals surface area contributed by atoms with Crippen molar-refractivity contribution in [1.82, 2.24) is 5.16 Å². The number of nitrogens with one attached hydrogen (secondary N) is 2. The average molecular weight is 452 g/mol. The van der Waals surface area contributed by atoms with Crippen molar-refractivity contribution in [2.24, 2.45) is 0 Å². The van der Waals surface area contributed by atoms with E-state index in [4.69, 9.17) is 10.0 Å². The molecule has 30 heavy (non-hydrogen) atoms. The zero-order valence-electron chi connectivity index (χ0n) is 20.5. The van der Waals surface area contributed by atoms with Crippen LogP contribution in [0.5, 0.6) is 0 Å². The van der Waals surface area contributed by atoms with Crippen molar-refractivity contribution in [1.29, 1.82) is 0 Å². The molecule has 0 atom stereocenters. The summed E-state index contributed by atoms with van der Waals surface area (Å²) in [5.74, 6) is -2.17. The van der Waals surface area contributed by atoms with Crippen LogP contribution in [0, 0.1) is 27.7 Å². The van der Waals surface area contributed by atoms with Crippen LogP contribution < -0.4 is 10.0 Å². The van der Waals surface area contributed by atoms with Crippen molar-refractivity contribution in [3.63, 3.8) is 0 Å². The molecule has 0 saturated carbocycles. The molecule has 2 N–H and O–H groups in total. The molecular formula is C20H21N3O5S2. The molecule has 0 radical (unpaired) electrons. The Bertz CT molecular complexity index is 1410. The van der Waals surface area contributed by atoms with Gasteiger partial charge < -0.3 is 9.84 Å². The van der Waals surface area contributed by atoms with Crippen LogP contribution >= 0.6 is 11.3 Å². The Hall–Kier alpha value is -2.98. The second-order valence-corrected chi connectivity index (χ2v) is 9.16. The molecule has 8 nitrogen and oxygen atoms in total. The number of hydrogen-bond acceptors (Lipinski definition) is 7. The minimum absolute atomic E-state index is 0.00856. The molecule has 1 amide bonds. The van der Waals surface area contributed by atoms with Gasteiger partial charge in [-0.1, -0.05) is 11.2 Å². The third-order valence-electron chi connectivity index (χ3n) is 4.38. The first-order valence-corrected chi connectivity index (χ1v) is 11.0. The van der Waals surface area contributed by atoms with Gasteiger partial charge in [0, 0.05) is 15.2 Å². The van der Waals surface area contributed by atoms with Crippen LogP contribution in [-0.2, 0) is 10.0 Å². The molecule has 158 valence electrons. The zero-order valence-corrected chi connectivity index (χ0v) is 18.2. The Balaban J connectivity index is 2.02. The third kappa shape index (κ3) is 4.14. The number of carbonyl (C=O) groups is 2. The van der Waals surface area contributed by atoms with Gasteiger partial charge in [-0.2, -0.15) is 0 Å². The summed E-state index contributed by atoms with van der Waals surface area (Å²) in [4.78, 5) is 25.1. The van der Waals surface area contributed by atoms with Crippen molar-refractivity contribution >= 4 is 44.6 Å². The highest BCUT2D eigenvalue weighted by Crippen LogP contribution is 2.29. The van der Waals surface area contributed by atoms with Crippen molar-refractivity contribution < 1.29 is 28.0 Å². The molecule has 10 heteroatoms. The van der Waals surface area contributed by atoms with Crippen LogP contribution in [0.4, 0.5) is 11.6 Å². The van der Waals surface area contributed by atoms with E-state index in [-0.39, 0.29) is 38.5 Å². The highest BCUT2D eigenvalue weighted by atomic mass is 32.2. The molecule has 3 rings (SSSR count). The maximum atomic E-state index is 13.1. The SMILES string of the molecule is [2H]c1c(C)cc(C(=O)C([2H])([2H])[2H])c(NC(=O)c2sccc2S(=O)(=O)Nc2onc(C)c2C)c1C. The fraction of sp³-hybridized carbons (Fsp3) is 0.250. The molecule has 0 unspecified atom stereocenters. The van der Waals surface area contributed by atoms with Crippen LogP contribution in [0.3, 0.4) is 0 Å². The number of anilines is 2. The average Bonchev–Trinajstić information content (AvgIpc) is 3.36. The number of aryl methyl sites for hydroxylation is 2. The number of rotatable bonds is 6. The van der Waals surface area contributed by atoms with E-state index >= 15 is 0 Å². The van der Waals surface area contributed by atoms with Gasteiger partial charge in [-0.15, -0.1) is 11.3 Å². The summed E-state index contributed by atoms with van der Waals surface area (Å²) < 4.78 is 63.7. The number of sulfonamides is 1. The van der Waals surface area contributed by atoms with Crippen LogP contribution in [0.15, 0.2) is 33.0 Å². The first kappa shape index (κ1) is 16.8. The molecule has 0 spiro atoms. The summed E-state index contributed by atoms with van der Waals surface area (Å²) in [5, 5.41) is 7.54. The topological polar surface area (TPSA) is 118 Å². The standard InChI is InChI=1S/C20H21N3O5S2/c1-10-8-11(2)17(15(9-10)14(5)24)21-19(25)18-16(6-7-29-18)30(26,27)23-20-12(3)13(4)22-28-20/h6-9,23H,1-5H3,(H,21,25)/i5D3,8D. The minimum atomic E-state index is -4.25. The number of thiophene rings is 1. The highest BCUT2D eigenvalue weighted by molar-refractivity contribution is 7.93. The summed E-state index contributed by atoms with van der Waals surface area (Å²) in [6, 6.07) is 2.46. The second-order valence-electron chi connectivity index (χ2n) is 6.59. The summed E-state index contributed by atoms with van der Waals surface area (Å²) in [6.07, 6.45) is 0. The van der Waals surface area contributed by atoms with Gasteiger partial charge in [0.2, 0.25) is 5.88 Å². The zero-order chi connectivity index (χ0) is 25.6. The Morgan fingerprint density at radius 1 is 1.27 bits per heavy atom. The van der Waals surface area contributed by atoms with Crippen LogP contribution in [0.2, 0.25) is 0 Å². The molecule has 0 aliphatic carbocycles. The fourth-order valence-electron chi connectivity index (χ4n) is 2.76. The summed E-state index contributed by atoms with van der Waals surface area (Å²) in [5.41, 5.74) is 1.06. The number of aromatic nitrogens is 1. The Kier molecular flexibility index (Phi) is 4.49. The quantitative estimate of drug-likeness (QED) is 0.542. The van der Waals surface area contributed by atoms with Gasteiger partial charge in [0.1, 0.15) is 9.77 Å². The minimum Gasteiger partial charge on any atom is -0.337 e. The fourth-order valence-corrected chi connectivity index (χ4v) is 5.13. The van der Waals surface area contributed by atoms with Crippen LogP contribution in [-0.4, -0.2) is 25.3 Å². The molecule has 0 fully saturated rings. The number of Topliss-reactive ketones (excluding diaryl/α,β-unsaturated/α-hetero) is 1. The lowest BCUT2D eigenvalue weighted by Crippen LogP contribution is -2.20. The highest BCUT2D eigenvalue weighted by Gasteiger charge is 2.27. The van der Waals surface area contributed by atoms with Gasteiger partial charge in [-0.25, -0.2) is 13.1 Å². The van der Waals surface area contributed by atoms with Gasteiger partial charge in [0.15, 0.2) is 5.78 Å². The van der Waals surface area contributed by atoms with E-state index in [0.717, 1.165) is 11.3 Å². The molecule has 3 aromatic rings. The molecular weight excluding hydrogens is 426 g/mol. The van der Waals surface area contributed by atoms with Crippen LogP contribution in [0.1, 0.15) is 54.7 Å². The Morgan fingerprint density at radius 3 is 2.63 bits per heavy atom. The number of benzene rings is 1. The molecule has 0 aliphatic heterocycles. The molecule has 2 heterocycles. The maximum Gasteiger partial charge on any atom is 0.267 e. The van der Waals surface area contributed by atoms with Crippen molar-refractivity contribution in [2.75, 3.05) is 10.0 Å². The van der Waals surface area contributed by atoms with Gasteiger partial charge in [-0.3, -0.25) is 9.59 Å². The van der Waals surface area contributed by atoms with Gasteiger partial charge in [0.25, 0.3) is 15.9 Å². The van der Waals surface area contributed by atoms with E-state index < -0.39 is 28.6 Å². The lowest BCUT2D eigenvalue weighted by Gasteiger charge is -2.14. The van der Waals surface area contributed by atoms with Crippen molar-refractivity contribution in [3.8, 4) is 0 Å². The first-order chi connectivity index (χ1) is 15.6. The van der Waals surface area contributed by atoms with E-state index in [1.165, 1.54) is 24.4 Å². The largest absolute Gasteiger partial charge is 0.337 e. The summed E-state index contributed by atoms with van der Waals surface area (Å²) in [7, 11) is -4.25. The lowest BCUT2D eigenvalue weighted by molar-refractivity contribution is 0.101. The number of hydrogen-bond donors (Lipinski definition) is 2. The number of amides is 1. The lowest BCUT2D eigenvalue weighted by atomic mass is 10.0. The molecule has 0 saturated heterocycles. The monoisotopic (exact) mass is 451 g/mol. The molecule has 0 bridgehead atoms. The van der Waals surface area contributed by atoms with E-state index in [1.54, 1.807) is 20.8 Å². The third-order valence-corrected chi connectivity index (χ3v) is 6.80. The van der Waals surface area contributed by atoms with Crippen molar-refractivity contribution in [3.05, 3.63) is 56.4 Å². The number of nitrogens with zero attached hydrogens (tertiary/aromatic N) is 1. The first-order valence-electron chi connectivity index (χ1n) is 10.6. The molecule has 2 aromatic heterocycles. The van der Waals surface area contributed by atoms with E-state index in [9.17, 15) is 18.0 Å². The number of ketones is 1. The van der Waals surface area contributed by atoms with Gasteiger partial charge >= 0.3 is 0 Å². The smallest absolute Gasteiger partial charge is 0.267 e. The molecule has 0 aliphatic rings. The van der Waals surface area contributed by atoms with E-state index in [1.807, 2.05) is 0 Å². The normalized spacial score (nSPS) is 13.7. The predicted octanol–water partition coefficient (Wildman–Crippen LogP) is 4.23. The Morgan fingerprint density at radius 2 is 2.00 bits per heavy atom. The molecule has 1 aromatic carbocycles. The Labute approximate surface area is 184 Å². The van der Waals surface area contributed by atoms with Gasteiger partial charge in [0.05, 0.1) is 12.8 Å². The van der Waals surface area contributed by atoms with Gasteiger partial charge in [-0.05, 0) is 63.2 Å². The summed E-state index contributed by atoms with van der Waals surface area (Å²) >= 11 is 0.836. The van der Waals surface area contributed by atoms with Crippen LogP contribution in [0.25, 0.3) is 0 Å². The van der Waals surface area contributed by atoms with E-state index in [2.05, 4.69) is 15.2 Å². The van der Waals surface area contributed by atoms with Crippen molar-refractivity contribution in [2.45, 2.75) is 39.4 Å². The van der Waals surface area contributed by atoms with E-state index in [0.29, 0.717) is 16.8 Å². The predicted molar refractivity (Wildman–Crippen MR) is 115 cm³/mol. The second kappa shape index (κ2) is 8.04.